The largest absolute Gasteiger partial charge is 0.399 e. The minimum atomic E-state index is -0.0851. The van der Waals surface area contributed by atoms with Crippen LogP contribution in [0.25, 0.3) is 12.2 Å². The van der Waals surface area contributed by atoms with Crippen molar-refractivity contribution in [3.63, 3.8) is 0 Å². The van der Waals surface area contributed by atoms with Crippen LogP contribution >= 0.6 is 0 Å². The summed E-state index contributed by atoms with van der Waals surface area (Å²) in [7, 11) is 0. The van der Waals surface area contributed by atoms with Crippen LogP contribution < -0.4 is 11.5 Å². The average Bonchev–Trinajstić information content (AvgIpc) is 2.72. The van der Waals surface area contributed by atoms with Crippen molar-refractivity contribution in [1.29, 1.82) is 0 Å². The summed E-state index contributed by atoms with van der Waals surface area (Å²) in [6.07, 6.45) is 6.57. The van der Waals surface area contributed by atoms with E-state index in [1.165, 1.54) is 12.2 Å². The molecule has 0 aliphatic rings. The fourth-order valence-corrected chi connectivity index (χ4v) is 2.55. The SMILES string of the molecule is Nc1ccc(C(=O)C=Cc2ccc(C=CC(=O)c3ccc(N)cc3)cc2)cc1. The normalized spacial score (nSPS) is 11.1. The van der Waals surface area contributed by atoms with E-state index in [1.807, 2.05) is 24.3 Å². The quantitative estimate of drug-likeness (QED) is 0.377. The van der Waals surface area contributed by atoms with E-state index in [-0.39, 0.29) is 11.6 Å². The molecule has 0 aliphatic heterocycles. The van der Waals surface area contributed by atoms with Gasteiger partial charge in [0, 0.05) is 22.5 Å². The molecule has 138 valence electrons. The number of nitrogen functional groups attached to an aromatic ring is 2. The number of carbonyl (C=O) groups is 2. The summed E-state index contributed by atoms with van der Waals surface area (Å²) in [5, 5.41) is 0. The van der Waals surface area contributed by atoms with Gasteiger partial charge in [-0.25, -0.2) is 0 Å². The first kappa shape index (κ1) is 18.9. The number of hydrogen-bond donors (Lipinski definition) is 2. The van der Waals surface area contributed by atoms with E-state index in [9.17, 15) is 9.59 Å². The number of anilines is 2. The fraction of sp³-hybridized carbons (Fsp3) is 0. The minimum Gasteiger partial charge on any atom is -0.399 e. The molecule has 0 unspecified atom stereocenters. The molecular formula is C24H20N2O2. The third kappa shape index (κ3) is 5.05. The maximum atomic E-state index is 12.1. The number of hydrogen-bond acceptors (Lipinski definition) is 4. The van der Waals surface area contributed by atoms with E-state index < -0.39 is 0 Å². The van der Waals surface area contributed by atoms with E-state index in [0.717, 1.165) is 11.1 Å². The van der Waals surface area contributed by atoms with E-state index in [0.29, 0.717) is 22.5 Å². The molecule has 3 rings (SSSR count). The molecule has 0 saturated carbocycles. The number of nitrogens with two attached hydrogens (primary N) is 2. The summed E-state index contributed by atoms with van der Waals surface area (Å²) in [6.45, 7) is 0. The molecule has 0 aromatic heterocycles. The Bertz CT molecular complexity index is 943. The summed E-state index contributed by atoms with van der Waals surface area (Å²) in [6, 6.07) is 21.2. The molecule has 0 radical (unpaired) electrons. The Balaban J connectivity index is 1.62. The number of carbonyl (C=O) groups excluding carboxylic acids is 2. The van der Waals surface area contributed by atoms with E-state index in [4.69, 9.17) is 11.5 Å². The van der Waals surface area contributed by atoms with Crippen molar-refractivity contribution in [1.82, 2.24) is 0 Å². The maximum Gasteiger partial charge on any atom is 0.185 e. The number of benzene rings is 3. The van der Waals surface area contributed by atoms with Crippen molar-refractivity contribution in [2.24, 2.45) is 0 Å². The van der Waals surface area contributed by atoms with E-state index >= 15 is 0 Å². The van der Waals surface area contributed by atoms with Gasteiger partial charge in [-0.2, -0.15) is 0 Å². The lowest BCUT2D eigenvalue weighted by Gasteiger charge is -1.99. The smallest absolute Gasteiger partial charge is 0.185 e. The molecule has 0 heterocycles. The molecular weight excluding hydrogens is 348 g/mol. The highest BCUT2D eigenvalue weighted by atomic mass is 16.1. The van der Waals surface area contributed by atoms with Crippen LogP contribution in [0, 0.1) is 0 Å². The zero-order valence-corrected chi connectivity index (χ0v) is 15.2. The third-order valence-electron chi connectivity index (χ3n) is 4.18. The molecule has 4 N–H and O–H groups in total. The van der Waals surface area contributed by atoms with Crippen LogP contribution in [-0.4, -0.2) is 11.6 Å². The Morgan fingerprint density at radius 2 is 0.857 bits per heavy atom. The van der Waals surface area contributed by atoms with Crippen LogP contribution in [-0.2, 0) is 0 Å². The predicted octanol–water partition coefficient (Wildman–Crippen LogP) is 4.64. The zero-order chi connectivity index (χ0) is 19.9. The Hall–Kier alpha value is -3.92. The van der Waals surface area contributed by atoms with Crippen molar-refractivity contribution in [3.8, 4) is 0 Å². The van der Waals surface area contributed by atoms with E-state index in [1.54, 1.807) is 60.7 Å². The topological polar surface area (TPSA) is 86.2 Å². The maximum absolute atomic E-state index is 12.1. The van der Waals surface area contributed by atoms with Crippen molar-refractivity contribution in [2.75, 3.05) is 11.5 Å². The Morgan fingerprint density at radius 3 is 1.18 bits per heavy atom. The monoisotopic (exact) mass is 368 g/mol. The Morgan fingerprint density at radius 1 is 0.536 bits per heavy atom. The van der Waals surface area contributed by atoms with Gasteiger partial charge < -0.3 is 11.5 Å². The molecule has 0 amide bonds. The number of allylic oxidation sites excluding steroid dienone is 2. The molecule has 3 aromatic rings. The zero-order valence-electron chi connectivity index (χ0n) is 15.2. The van der Waals surface area contributed by atoms with Gasteiger partial charge >= 0.3 is 0 Å². The van der Waals surface area contributed by atoms with Crippen LogP contribution in [0.2, 0.25) is 0 Å². The van der Waals surface area contributed by atoms with E-state index in [2.05, 4.69) is 0 Å². The second-order valence-corrected chi connectivity index (χ2v) is 6.31. The molecule has 3 aromatic carbocycles. The summed E-state index contributed by atoms with van der Waals surface area (Å²) in [4.78, 5) is 24.3. The van der Waals surface area contributed by atoms with Gasteiger partial charge in [0.2, 0.25) is 0 Å². The van der Waals surface area contributed by atoms with Crippen LogP contribution in [0.5, 0.6) is 0 Å². The van der Waals surface area contributed by atoms with Gasteiger partial charge in [0.05, 0.1) is 0 Å². The molecule has 28 heavy (non-hydrogen) atoms. The standard InChI is InChI=1S/C24H20N2O2/c25-21-11-7-19(8-12-21)23(27)15-5-17-1-2-18(4-3-17)6-16-24(28)20-9-13-22(26)14-10-20/h1-16H,25-26H2. The second-order valence-electron chi connectivity index (χ2n) is 6.31. The molecule has 4 heteroatoms. The highest BCUT2D eigenvalue weighted by Crippen LogP contribution is 2.12. The molecule has 0 atom stereocenters. The second kappa shape index (κ2) is 8.64. The molecule has 0 bridgehead atoms. The first-order chi connectivity index (χ1) is 13.5. The molecule has 4 nitrogen and oxygen atoms in total. The van der Waals surface area contributed by atoms with Gasteiger partial charge in [0.25, 0.3) is 0 Å². The van der Waals surface area contributed by atoms with Gasteiger partial charge in [0.1, 0.15) is 0 Å². The first-order valence-corrected chi connectivity index (χ1v) is 8.77. The number of ketones is 2. The lowest BCUT2D eigenvalue weighted by Crippen LogP contribution is -1.95. The summed E-state index contributed by atoms with van der Waals surface area (Å²) in [5.74, 6) is -0.170. The molecule has 0 fully saturated rings. The fourth-order valence-electron chi connectivity index (χ4n) is 2.55. The average molecular weight is 368 g/mol. The predicted molar refractivity (Wildman–Crippen MR) is 115 cm³/mol. The summed E-state index contributed by atoms with van der Waals surface area (Å²) >= 11 is 0. The van der Waals surface area contributed by atoms with Gasteiger partial charge in [0.15, 0.2) is 11.6 Å². The van der Waals surface area contributed by atoms with Gasteiger partial charge in [-0.15, -0.1) is 0 Å². The lowest BCUT2D eigenvalue weighted by molar-refractivity contribution is 0.103. The van der Waals surface area contributed by atoms with Crippen molar-refractivity contribution in [2.45, 2.75) is 0 Å². The first-order valence-electron chi connectivity index (χ1n) is 8.77. The van der Waals surface area contributed by atoms with Crippen molar-refractivity contribution < 1.29 is 9.59 Å². The van der Waals surface area contributed by atoms with Gasteiger partial charge in [-0.1, -0.05) is 36.4 Å². The molecule has 0 aliphatic carbocycles. The van der Waals surface area contributed by atoms with Crippen LogP contribution in [0.1, 0.15) is 31.8 Å². The summed E-state index contributed by atoms with van der Waals surface area (Å²) < 4.78 is 0. The van der Waals surface area contributed by atoms with Crippen LogP contribution in [0.3, 0.4) is 0 Å². The van der Waals surface area contributed by atoms with Crippen molar-refractivity contribution in [3.05, 3.63) is 107 Å². The van der Waals surface area contributed by atoms with Gasteiger partial charge in [-0.3, -0.25) is 9.59 Å². The van der Waals surface area contributed by atoms with Crippen molar-refractivity contribution >= 4 is 35.1 Å². The highest BCUT2D eigenvalue weighted by molar-refractivity contribution is 6.07. The van der Waals surface area contributed by atoms with Crippen LogP contribution in [0.15, 0.2) is 84.9 Å². The number of rotatable bonds is 6. The Labute approximate surface area is 163 Å². The summed E-state index contributed by atoms with van der Waals surface area (Å²) in [5.41, 5.74) is 15.5. The highest BCUT2D eigenvalue weighted by Gasteiger charge is 2.02. The third-order valence-corrected chi connectivity index (χ3v) is 4.18. The minimum absolute atomic E-state index is 0.0851. The van der Waals surface area contributed by atoms with Crippen LogP contribution in [0.4, 0.5) is 11.4 Å². The van der Waals surface area contributed by atoms with Gasteiger partial charge in [-0.05, 0) is 71.8 Å². The molecule has 0 saturated heterocycles. The lowest BCUT2D eigenvalue weighted by atomic mass is 10.1. The Kier molecular flexibility index (Phi) is 5.82. The molecule has 0 spiro atoms.